The van der Waals surface area contributed by atoms with Crippen LogP contribution >= 0.6 is 0 Å². The van der Waals surface area contributed by atoms with E-state index >= 15 is 0 Å². The Morgan fingerprint density at radius 3 is 2.88 bits per heavy atom. The molecular weight excluding hydrogens is 218 g/mol. The summed E-state index contributed by atoms with van der Waals surface area (Å²) in [6.07, 6.45) is 7.47. The average Bonchev–Trinajstić information content (AvgIpc) is 2.74. The summed E-state index contributed by atoms with van der Waals surface area (Å²) in [4.78, 5) is 15.7. The first-order valence-electron chi connectivity index (χ1n) is 6.19. The second kappa shape index (κ2) is 5.70. The number of nitrogens with zero attached hydrogens (tertiary/aromatic N) is 1. The highest BCUT2D eigenvalue weighted by molar-refractivity contribution is 5.74. The van der Waals surface area contributed by atoms with Crippen molar-refractivity contribution in [3.05, 3.63) is 17.8 Å². The monoisotopic (exact) mass is 237 g/mol. The van der Waals surface area contributed by atoms with Crippen LogP contribution in [0.1, 0.15) is 43.7 Å². The lowest BCUT2D eigenvalue weighted by atomic mass is 9.96. The Morgan fingerprint density at radius 1 is 1.47 bits per heavy atom. The molecule has 2 amide bonds. The Bertz CT molecular complexity index is 370. The molecule has 17 heavy (non-hydrogen) atoms. The Hall–Kier alpha value is -1.52. The van der Waals surface area contributed by atoms with E-state index in [1.807, 2.05) is 0 Å². The van der Waals surface area contributed by atoms with E-state index in [2.05, 4.69) is 15.6 Å². The van der Waals surface area contributed by atoms with Crippen molar-refractivity contribution in [1.29, 1.82) is 0 Å². The minimum Gasteiger partial charge on any atom is -0.449 e. The summed E-state index contributed by atoms with van der Waals surface area (Å²) in [5.41, 5.74) is 0.751. The van der Waals surface area contributed by atoms with Crippen LogP contribution in [0.5, 0.6) is 0 Å². The Morgan fingerprint density at radius 2 is 2.24 bits per heavy atom. The number of amides is 2. The summed E-state index contributed by atoms with van der Waals surface area (Å²) in [5.74, 6) is 0.620. The normalized spacial score (nSPS) is 16.8. The van der Waals surface area contributed by atoms with Crippen molar-refractivity contribution >= 4 is 6.03 Å². The summed E-state index contributed by atoms with van der Waals surface area (Å²) in [5, 5.41) is 5.77. The van der Waals surface area contributed by atoms with Gasteiger partial charge in [-0.1, -0.05) is 19.3 Å². The summed E-state index contributed by atoms with van der Waals surface area (Å²) in [7, 11) is 0. The molecule has 1 heterocycles. The van der Waals surface area contributed by atoms with Crippen LogP contribution in [0.3, 0.4) is 0 Å². The highest BCUT2D eigenvalue weighted by atomic mass is 16.3. The maximum Gasteiger partial charge on any atom is 0.315 e. The van der Waals surface area contributed by atoms with E-state index < -0.39 is 0 Å². The van der Waals surface area contributed by atoms with Gasteiger partial charge < -0.3 is 15.1 Å². The third-order valence-corrected chi connectivity index (χ3v) is 3.04. The Kier molecular flexibility index (Phi) is 4.01. The lowest BCUT2D eigenvalue weighted by molar-refractivity contribution is 0.232. The molecule has 1 fully saturated rings. The first-order chi connectivity index (χ1) is 8.24. The largest absolute Gasteiger partial charge is 0.449 e. The third kappa shape index (κ3) is 3.76. The maximum atomic E-state index is 11.6. The van der Waals surface area contributed by atoms with E-state index in [0.717, 1.165) is 18.5 Å². The molecule has 1 aromatic rings. The number of urea groups is 1. The molecule has 0 aromatic carbocycles. The zero-order valence-electron chi connectivity index (χ0n) is 10.2. The standard InChI is InChI=1S/C12H19N3O2/c1-9-14-11(8-17-9)7-13-12(16)15-10-5-3-2-4-6-10/h8,10H,2-7H2,1H3,(H2,13,15,16). The van der Waals surface area contributed by atoms with Gasteiger partial charge in [0.1, 0.15) is 6.26 Å². The Balaban J connectivity index is 1.70. The van der Waals surface area contributed by atoms with E-state index in [9.17, 15) is 4.79 Å². The predicted molar refractivity (Wildman–Crippen MR) is 63.5 cm³/mol. The van der Waals surface area contributed by atoms with Gasteiger partial charge in [0, 0.05) is 13.0 Å². The molecule has 0 radical (unpaired) electrons. The number of hydrogen-bond donors (Lipinski definition) is 2. The molecule has 1 saturated carbocycles. The van der Waals surface area contributed by atoms with E-state index in [1.54, 1.807) is 13.2 Å². The molecule has 2 rings (SSSR count). The lowest BCUT2D eigenvalue weighted by Gasteiger charge is -2.22. The highest BCUT2D eigenvalue weighted by Crippen LogP contribution is 2.17. The van der Waals surface area contributed by atoms with Crippen molar-refractivity contribution in [3.63, 3.8) is 0 Å². The molecule has 2 N–H and O–H groups in total. The zero-order valence-corrected chi connectivity index (χ0v) is 10.2. The van der Waals surface area contributed by atoms with Gasteiger partial charge in [0.25, 0.3) is 0 Å². The van der Waals surface area contributed by atoms with Gasteiger partial charge in [0.05, 0.1) is 12.2 Å². The summed E-state index contributed by atoms with van der Waals surface area (Å²) in [6.45, 7) is 2.20. The van der Waals surface area contributed by atoms with Gasteiger partial charge in [-0.3, -0.25) is 0 Å². The molecule has 0 saturated heterocycles. The molecular formula is C12H19N3O2. The van der Waals surface area contributed by atoms with E-state index in [-0.39, 0.29) is 6.03 Å². The zero-order chi connectivity index (χ0) is 12.1. The van der Waals surface area contributed by atoms with Crippen LogP contribution in [-0.2, 0) is 6.54 Å². The highest BCUT2D eigenvalue weighted by Gasteiger charge is 2.15. The molecule has 1 aliphatic rings. The predicted octanol–water partition coefficient (Wildman–Crippen LogP) is 2.11. The van der Waals surface area contributed by atoms with Crippen LogP contribution in [-0.4, -0.2) is 17.1 Å². The molecule has 5 nitrogen and oxygen atoms in total. The van der Waals surface area contributed by atoms with E-state index in [4.69, 9.17) is 4.42 Å². The van der Waals surface area contributed by atoms with Crippen LogP contribution in [0.25, 0.3) is 0 Å². The van der Waals surface area contributed by atoms with Gasteiger partial charge in [0.2, 0.25) is 0 Å². The van der Waals surface area contributed by atoms with Crippen molar-refractivity contribution < 1.29 is 9.21 Å². The molecule has 1 aromatic heterocycles. The van der Waals surface area contributed by atoms with Crippen molar-refractivity contribution in [3.8, 4) is 0 Å². The first-order valence-corrected chi connectivity index (χ1v) is 6.19. The van der Waals surface area contributed by atoms with Crippen LogP contribution < -0.4 is 10.6 Å². The molecule has 0 unspecified atom stereocenters. The summed E-state index contributed by atoms with van der Waals surface area (Å²) < 4.78 is 5.06. The van der Waals surface area contributed by atoms with Gasteiger partial charge >= 0.3 is 6.03 Å². The van der Waals surface area contributed by atoms with E-state index in [0.29, 0.717) is 18.5 Å². The van der Waals surface area contributed by atoms with Gasteiger partial charge in [-0.2, -0.15) is 0 Å². The minimum atomic E-state index is -0.113. The molecule has 0 atom stereocenters. The molecule has 5 heteroatoms. The van der Waals surface area contributed by atoms with Crippen molar-refractivity contribution in [1.82, 2.24) is 15.6 Å². The molecule has 0 spiro atoms. The third-order valence-electron chi connectivity index (χ3n) is 3.04. The topological polar surface area (TPSA) is 67.2 Å². The van der Waals surface area contributed by atoms with Gasteiger partial charge in [-0.05, 0) is 12.8 Å². The van der Waals surface area contributed by atoms with Gasteiger partial charge in [0.15, 0.2) is 5.89 Å². The number of hydrogen-bond acceptors (Lipinski definition) is 3. The fourth-order valence-corrected chi connectivity index (χ4v) is 2.14. The average molecular weight is 237 g/mol. The van der Waals surface area contributed by atoms with Crippen molar-refractivity contribution in [2.24, 2.45) is 0 Å². The lowest BCUT2D eigenvalue weighted by Crippen LogP contribution is -2.42. The smallest absolute Gasteiger partial charge is 0.315 e. The van der Waals surface area contributed by atoms with Gasteiger partial charge in [-0.15, -0.1) is 0 Å². The maximum absolute atomic E-state index is 11.6. The minimum absolute atomic E-state index is 0.113. The fourth-order valence-electron chi connectivity index (χ4n) is 2.14. The summed E-state index contributed by atoms with van der Waals surface area (Å²) in [6, 6.07) is 0.223. The van der Waals surface area contributed by atoms with Crippen LogP contribution in [0.2, 0.25) is 0 Å². The molecule has 0 bridgehead atoms. The van der Waals surface area contributed by atoms with Crippen LogP contribution in [0.4, 0.5) is 4.79 Å². The van der Waals surface area contributed by atoms with Crippen molar-refractivity contribution in [2.75, 3.05) is 0 Å². The number of aromatic nitrogens is 1. The molecule has 94 valence electrons. The number of aryl methyl sites for hydroxylation is 1. The number of rotatable bonds is 3. The number of nitrogens with one attached hydrogen (secondary N) is 2. The fraction of sp³-hybridized carbons (Fsp3) is 0.667. The van der Waals surface area contributed by atoms with Crippen LogP contribution in [0, 0.1) is 6.92 Å². The SMILES string of the molecule is Cc1nc(CNC(=O)NC2CCCCC2)co1. The number of carbonyl (C=O) groups excluding carboxylic acids is 1. The van der Waals surface area contributed by atoms with E-state index in [1.165, 1.54) is 19.3 Å². The second-order valence-corrected chi connectivity index (χ2v) is 4.52. The number of oxazole rings is 1. The van der Waals surface area contributed by atoms with Gasteiger partial charge in [-0.25, -0.2) is 9.78 Å². The van der Waals surface area contributed by atoms with Crippen molar-refractivity contribution in [2.45, 2.75) is 51.6 Å². The first kappa shape index (κ1) is 12.0. The quantitative estimate of drug-likeness (QED) is 0.846. The number of carbonyl (C=O) groups is 1. The van der Waals surface area contributed by atoms with Crippen LogP contribution in [0.15, 0.2) is 10.7 Å². The summed E-state index contributed by atoms with van der Waals surface area (Å²) >= 11 is 0. The Labute approximate surface area is 101 Å². The molecule has 1 aliphatic carbocycles. The second-order valence-electron chi connectivity index (χ2n) is 4.52. The molecule has 0 aliphatic heterocycles.